The van der Waals surface area contributed by atoms with E-state index >= 15 is 0 Å². The van der Waals surface area contributed by atoms with Crippen molar-refractivity contribution in [3.8, 4) is 17.1 Å². The summed E-state index contributed by atoms with van der Waals surface area (Å²) < 4.78 is 19.2. The lowest BCUT2D eigenvalue weighted by molar-refractivity contribution is 0.308. The summed E-state index contributed by atoms with van der Waals surface area (Å²) in [6.07, 6.45) is 3.03. The molecule has 0 aliphatic heterocycles. The molecule has 0 fully saturated rings. The van der Waals surface area contributed by atoms with Gasteiger partial charge in [-0.1, -0.05) is 0 Å². The van der Waals surface area contributed by atoms with Crippen LogP contribution in [-0.4, -0.2) is 16.6 Å². The molecule has 0 unspecified atom stereocenters. The Morgan fingerprint density at radius 1 is 1.33 bits per heavy atom. The van der Waals surface area contributed by atoms with Crippen molar-refractivity contribution in [3.05, 3.63) is 36.4 Å². The van der Waals surface area contributed by atoms with Crippen molar-refractivity contribution in [1.29, 1.82) is 0 Å². The SMILES string of the molecule is CCOc1nccc(-c2cc(NN)ccn2)c1F. The Balaban J connectivity index is 2.46. The molecule has 0 spiro atoms. The van der Waals surface area contributed by atoms with Gasteiger partial charge in [0, 0.05) is 18.0 Å². The number of aromatic nitrogens is 2. The highest BCUT2D eigenvalue weighted by Gasteiger charge is 2.13. The summed E-state index contributed by atoms with van der Waals surface area (Å²) in [4.78, 5) is 7.93. The Hall–Kier alpha value is -2.21. The molecule has 0 saturated heterocycles. The van der Waals surface area contributed by atoms with Gasteiger partial charge in [-0.15, -0.1) is 0 Å². The summed E-state index contributed by atoms with van der Waals surface area (Å²) in [5.74, 6) is 4.75. The van der Waals surface area contributed by atoms with E-state index in [9.17, 15) is 4.39 Å². The Morgan fingerprint density at radius 2 is 2.11 bits per heavy atom. The quantitative estimate of drug-likeness (QED) is 0.639. The molecule has 2 heterocycles. The fraction of sp³-hybridized carbons (Fsp3) is 0.167. The van der Waals surface area contributed by atoms with Gasteiger partial charge in [0.2, 0.25) is 0 Å². The van der Waals surface area contributed by atoms with Gasteiger partial charge >= 0.3 is 0 Å². The number of hydrogen-bond donors (Lipinski definition) is 2. The average molecular weight is 248 g/mol. The molecule has 0 amide bonds. The molecular weight excluding hydrogens is 235 g/mol. The van der Waals surface area contributed by atoms with Crippen molar-refractivity contribution in [1.82, 2.24) is 9.97 Å². The van der Waals surface area contributed by atoms with Gasteiger partial charge < -0.3 is 10.2 Å². The molecule has 0 radical (unpaired) electrons. The number of ether oxygens (including phenoxy) is 1. The van der Waals surface area contributed by atoms with Gasteiger partial charge in [0.15, 0.2) is 5.82 Å². The zero-order valence-corrected chi connectivity index (χ0v) is 9.85. The van der Waals surface area contributed by atoms with Gasteiger partial charge in [-0.2, -0.15) is 0 Å². The highest BCUT2D eigenvalue weighted by molar-refractivity contribution is 5.65. The lowest BCUT2D eigenvalue weighted by Gasteiger charge is -2.08. The normalized spacial score (nSPS) is 10.2. The maximum absolute atomic E-state index is 14.1. The van der Waals surface area contributed by atoms with Crippen LogP contribution in [0.25, 0.3) is 11.3 Å². The molecule has 2 aromatic heterocycles. The molecule has 0 saturated carbocycles. The van der Waals surface area contributed by atoms with E-state index in [1.165, 1.54) is 6.20 Å². The molecule has 0 aliphatic rings. The molecule has 0 atom stereocenters. The minimum Gasteiger partial charge on any atom is -0.476 e. The van der Waals surface area contributed by atoms with Gasteiger partial charge in [0.05, 0.1) is 18.0 Å². The molecule has 94 valence electrons. The molecule has 18 heavy (non-hydrogen) atoms. The first-order chi connectivity index (χ1) is 8.76. The third-order valence-corrected chi connectivity index (χ3v) is 2.34. The van der Waals surface area contributed by atoms with Crippen molar-refractivity contribution in [2.75, 3.05) is 12.0 Å². The van der Waals surface area contributed by atoms with E-state index < -0.39 is 5.82 Å². The van der Waals surface area contributed by atoms with Crippen molar-refractivity contribution >= 4 is 5.69 Å². The van der Waals surface area contributed by atoms with E-state index in [1.807, 2.05) is 0 Å². The second-order valence-electron chi connectivity index (χ2n) is 3.48. The third-order valence-electron chi connectivity index (χ3n) is 2.34. The van der Waals surface area contributed by atoms with Crippen LogP contribution in [0.1, 0.15) is 6.92 Å². The van der Waals surface area contributed by atoms with Crippen LogP contribution in [0.5, 0.6) is 5.88 Å². The zero-order valence-electron chi connectivity index (χ0n) is 9.85. The Morgan fingerprint density at radius 3 is 2.83 bits per heavy atom. The zero-order chi connectivity index (χ0) is 13.0. The summed E-state index contributed by atoms with van der Waals surface area (Å²) >= 11 is 0. The van der Waals surface area contributed by atoms with Crippen LogP contribution >= 0.6 is 0 Å². The third kappa shape index (κ3) is 2.38. The highest BCUT2D eigenvalue weighted by Crippen LogP contribution is 2.27. The fourth-order valence-electron chi connectivity index (χ4n) is 1.53. The molecule has 0 aromatic carbocycles. The molecule has 6 heteroatoms. The van der Waals surface area contributed by atoms with Gasteiger partial charge in [-0.05, 0) is 25.1 Å². The smallest absolute Gasteiger partial charge is 0.251 e. The minimum absolute atomic E-state index is 0.0251. The van der Waals surface area contributed by atoms with Crippen LogP contribution in [0.3, 0.4) is 0 Å². The van der Waals surface area contributed by atoms with Gasteiger partial charge in [-0.25, -0.2) is 9.37 Å². The number of nitrogens with two attached hydrogens (primary N) is 1. The number of nitrogens with one attached hydrogen (secondary N) is 1. The summed E-state index contributed by atoms with van der Waals surface area (Å²) in [6.45, 7) is 2.12. The summed E-state index contributed by atoms with van der Waals surface area (Å²) in [6, 6.07) is 4.88. The largest absolute Gasteiger partial charge is 0.476 e. The second kappa shape index (κ2) is 5.42. The van der Waals surface area contributed by atoms with Crippen molar-refractivity contribution in [3.63, 3.8) is 0 Å². The number of nitrogen functional groups attached to an aromatic ring is 1. The van der Waals surface area contributed by atoms with Gasteiger partial charge in [0.1, 0.15) is 0 Å². The number of halogens is 1. The topological polar surface area (TPSA) is 73.1 Å². The van der Waals surface area contributed by atoms with Crippen LogP contribution in [0, 0.1) is 5.82 Å². The number of hydrazine groups is 1. The van der Waals surface area contributed by atoms with Crippen molar-refractivity contribution in [2.24, 2.45) is 5.84 Å². The van der Waals surface area contributed by atoms with Crippen LogP contribution in [0.4, 0.5) is 10.1 Å². The van der Waals surface area contributed by atoms with E-state index in [4.69, 9.17) is 10.6 Å². The standard InChI is InChI=1S/C12H13FN4O/c1-2-18-12-11(13)9(4-6-16-12)10-7-8(17-14)3-5-15-10/h3-7H,2,14H2,1H3,(H,15,17). The first-order valence-electron chi connectivity index (χ1n) is 5.46. The number of nitrogens with zero attached hydrogens (tertiary/aromatic N) is 2. The number of hydrogen-bond acceptors (Lipinski definition) is 5. The maximum atomic E-state index is 14.1. The maximum Gasteiger partial charge on any atom is 0.251 e. The second-order valence-corrected chi connectivity index (χ2v) is 3.48. The molecule has 5 nitrogen and oxygen atoms in total. The Bertz CT molecular complexity index is 547. The van der Waals surface area contributed by atoms with E-state index in [2.05, 4.69) is 15.4 Å². The van der Waals surface area contributed by atoms with Crippen LogP contribution in [0.15, 0.2) is 30.6 Å². The van der Waals surface area contributed by atoms with Crippen LogP contribution in [-0.2, 0) is 0 Å². The number of rotatable bonds is 4. The molecule has 0 aliphatic carbocycles. The highest BCUT2D eigenvalue weighted by atomic mass is 19.1. The average Bonchev–Trinajstić information content (AvgIpc) is 2.41. The van der Waals surface area contributed by atoms with Crippen LogP contribution in [0.2, 0.25) is 0 Å². The summed E-state index contributed by atoms with van der Waals surface area (Å²) in [5, 5.41) is 0. The Kier molecular flexibility index (Phi) is 3.69. The Labute approximate surface area is 104 Å². The summed E-state index contributed by atoms with van der Waals surface area (Å²) in [5.41, 5.74) is 3.92. The number of pyridine rings is 2. The van der Waals surface area contributed by atoms with E-state index in [0.29, 0.717) is 23.6 Å². The summed E-state index contributed by atoms with van der Waals surface area (Å²) in [7, 11) is 0. The lowest BCUT2D eigenvalue weighted by Crippen LogP contribution is -2.07. The predicted molar refractivity (Wildman–Crippen MR) is 66.4 cm³/mol. The predicted octanol–water partition coefficient (Wildman–Crippen LogP) is 1.97. The molecule has 3 N–H and O–H groups in total. The molecular formula is C12H13FN4O. The van der Waals surface area contributed by atoms with E-state index in [-0.39, 0.29) is 5.88 Å². The van der Waals surface area contributed by atoms with Gasteiger partial charge in [-0.3, -0.25) is 10.8 Å². The minimum atomic E-state index is -0.527. The van der Waals surface area contributed by atoms with Gasteiger partial charge in [0.25, 0.3) is 5.88 Å². The van der Waals surface area contributed by atoms with Crippen molar-refractivity contribution < 1.29 is 9.13 Å². The lowest BCUT2D eigenvalue weighted by atomic mass is 10.1. The first kappa shape index (κ1) is 12.3. The monoisotopic (exact) mass is 248 g/mol. The molecule has 0 bridgehead atoms. The van der Waals surface area contributed by atoms with E-state index in [1.54, 1.807) is 31.3 Å². The molecule has 2 rings (SSSR count). The fourth-order valence-corrected chi connectivity index (χ4v) is 1.53. The van der Waals surface area contributed by atoms with Crippen LogP contribution < -0.4 is 16.0 Å². The number of anilines is 1. The van der Waals surface area contributed by atoms with E-state index in [0.717, 1.165) is 0 Å². The first-order valence-corrected chi connectivity index (χ1v) is 5.46. The molecule has 2 aromatic rings. The van der Waals surface area contributed by atoms with Crippen molar-refractivity contribution in [2.45, 2.75) is 6.92 Å².